The number of benzene rings is 1. The van der Waals surface area contributed by atoms with E-state index in [1.54, 1.807) is 0 Å². The Bertz CT molecular complexity index is 703. The van der Waals surface area contributed by atoms with E-state index in [0.29, 0.717) is 18.1 Å². The monoisotopic (exact) mass is 384 g/mol. The minimum atomic E-state index is 0.359. The first-order valence-corrected chi connectivity index (χ1v) is 10.8. The molecule has 1 aliphatic heterocycles. The molecule has 0 bridgehead atoms. The SMILES string of the molecule is CC1CN(CCCCNCc2cn(-c3ccccc3)nc2C(C)C)CC(C)O1. The summed E-state index contributed by atoms with van der Waals surface area (Å²) in [6.45, 7) is 14.0. The average molecular weight is 385 g/mol. The summed E-state index contributed by atoms with van der Waals surface area (Å²) in [6, 6.07) is 10.3. The lowest BCUT2D eigenvalue weighted by Gasteiger charge is -2.35. The number of morpholine rings is 1. The quantitative estimate of drug-likeness (QED) is 0.664. The molecule has 2 heterocycles. The van der Waals surface area contributed by atoms with Gasteiger partial charge >= 0.3 is 0 Å². The van der Waals surface area contributed by atoms with Crippen LogP contribution in [-0.2, 0) is 11.3 Å². The van der Waals surface area contributed by atoms with Crippen LogP contribution in [0, 0.1) is 0 Å². The van der Waals surface area contributed by atoms with Gasteiger partial charge in [-0.05, 0) is 57.8 Å². The summed E-state index contributed by atoms with van der Waals surface area (Å²) in [5.74, 6) is 0.423. The lowest BCUT2D eigenvalue weighted by atomic mass is 10.1. The Balaban J connectivity index is 1.44. The van der Waals surface area contributed by atoms with Gasteiger partial charge in [0.1, 0.15) is 0 Å². The topological polar surface area (TPSA) is 42.3 Å². The third-order valence-electron chi connectivity index (χ3n) is 5.28. The zero-order valence-electron chi connectivity index (χ0n) is 17.9. The number of hydrogen-bond acceptors (Lipinski definition) is 4. The van der Waals surface area contributed by atoms with E-state index in [2.05, 4.69) is 68.4 Å². The Morgan fingerprint density at radius 1 is 1.11 bits per heavy atom. The minimum absolute atomic E-state index is 0.359. The molecule has 2 aromatic rings. The zero-order valence-corrected chi connectivity index (χ0v) is 17.9. The van der Waals surface area contributed by atoms with Crippen LogP contribution in [0.4, 0.5) is 0 Å². The molecule has 0 saturated carbocycles. The number of nitrogens with one attached hydrogen (secondary N) is 1. The summed E-state index contributed by atoms with van der Waals surface area (Å²) in [7, 11) is 0. The van der Waals surface area contributed by atoms with Gasteiger partial charge in [0.05, 0.1) is 23.6 Å². The van der Waals surface area contributed by atoms with Crippen molar-refractivity contribution in [2.24, 2.45) is 0 Å². The van der Waals surface area contributed by atoms with Gasteiger partial charge < -0.3 is 10.1 Å². The van der Waals surface area contributed by atoms with Crippen LogP contribution in [0.1, 0.15) is 57.7 Å². The maximum atomic E-state index is 5.81. The van der Waals surface area contributed by atoms with Gasteiger partial charge in [0.15, 0.2) is 0 Å². The molecule has 2 unspecified atom stereocenters. The molecule has 3 rings (SSSR count). The van der Waals surface area contributed by atoms with Crippen molar-refractivity contribution in [2.75, 3.05) is 26.2 Å². The number of aromatic nitrogens is 2. The first-order chi connectivity index (χ1) is 13.5. The highest BCUT2D eigenvalue weighted by molar-refractivity contribution is 5.33. The van der Waals surface area contributed by atoms with Gasteiger partial charge in [-0.1, -0.05) is 32.0 Å². The molecule has 0 aliphatic carbocycles. The van der Waals surface area contributed by atoms with Crippen LogP contribution < -0.4 is 5.32 Å². The van der Waals surface area contributed by atoms with Gasteiger partial charge in [-0.25, -0.2) is 4.68 Å². The zero-order chi connectivity index (χ0) is 19.9. The van der Waals surface area contributed by atoms with E-state index in [9.17, 15) is 0 Å². The fourth-order valence-corrected chi connectivity index (χ4v) is 4.03. The summed E-state index contributed by atoms with van der Waals surface area (Å²) >= 11 is 0. The minimum Gasteiger partial charge on any atom is -0.373 e. The molecule has 154 valence electrons. The summed E-state index contributed by atoms with van der Waals surface area (Å²) < 4.78 is 7.82. The van der Waals surface area contributed by atoms with Crippen LogP contribution in [0.2, 0.25) is 0 Å². The lowest BCUT2D eigenvalue weighted by molar-refractivity contribution is -0.0681. The molecular formula is C23H36N4O. The predicted octanol–water partition coefficient (Wildman–Crippen LogP) is 3.97. The summed E-state index contributed by atoms with van der Waals surface area (Å²) in [4.78, 5) is 2.54. The fourth-order valence-electron chi connectivity index (χ4n) is 4.03. The standard InChI is InChI=1S/C23H36N4O/c1-18(2)23-21(17-27(25-23)22-10-6-5-7-11-22)14-24-12-8-9-13-26-15-19(3)28-20(4)16-26/h5-7,10-11,17-20,24H,8-9,12-16H2,1-4H3. The first-order valence-electron chi connectivity index (χ1n) is 10.8. The van der Waals surface area contributed by atoms with E-state index < -0.39 is 0 Å². The highest BCUT2D eigenvalue weighted by Crippen LogP contribution is 2.20. The molecule has 1 fully saturated rings. The molecule has 1 aromatic heterocycles. The third kappa shape index (κ3) is 5.90. The molecule has 1 aromatic carbocycles. The summed E-state index contributed by atoms with van der Waals surface area (Å²) in [5.41, 5.74) is 3.60. The van der Waals surface area contributed by atoms with Gasteiger partial charge in [-0.15, -0.1) is 0 Å². The fraction of sp³-hybridized carbons (Fsp3) is 0.609. The van der Waals surface area contributed by atoms with Crippen molar-refractivity contribution in [3.63, 3.8) is 0 Å². The van der Waals surface area contributed by atoms with Gasteiger partial charge in [-0.3, -0.25) is 4.90 Å². The van der Waals surface area contributed by atoms with E-state index in [-0.39, 0.29) is 0 Å². The van der Waals surface area contributed by atoms with Crippen LogP contribution in [0.3, 0.4) is 0 Å². The number of para-hydroxylation sites is 1. The van der Waals surface area contributed by atoms with E-state index in [4.69, 9.17) is 9.84 Å². The third-order valence-corrected chi connectivity index (χ3v) is 5.28. The molecule has 5 heteroatoms. The number of rotatable bonds is 9. The number of unbranched alkanes of at least 4 members (excludes halogenated alkanes) is 1. The molecule has 0 amide bonds. The van der Waals surface area contributed by atoms with E-state index in [1.165, 1.54) is 30.6 Å². The first kappa shape index (κ1) is 21.0. The molecule has 5 nitrogen and oxygen atoms in total. The second kappa shape index (κ2) is 10.2. The second-order valence-corrected chi connectivity index (χ2v) is 8.38. The lowest BCUT2D eigenvalue weighted by Crippen LogP contribution is -2.45. The van der Waals surface area contributed by atoms with Crippen molar-refractivity contribution in [1.82, 2.24) is 20.0 Å². The van der Waals surface area contributed by atoms with Crippen molar-refractivity contribution in [1.29, 1.82) is 0 Å². The molecular weight excluding hydrogens is 348 g/mol. The Hall–Kier alpha value is -1.69. The van der Waals surface area contributed by atoms with Gasteiger partial charge in [0, 0.05) is 31.4 Å². The molecule has 0 radical (unpaired) electrons. The van der Waals surface area contributed by atoms with Crippen molar-refractivity contribution in [3.05, 3.63) is 47.8 Å². The largest absolute Gasteiger partial charge is 0.373 e. The van der Waals surface area contributed by atoms with Crippen LogP contribution >= 0.6 is 0 Å². The Morgan fingerprint density at radius 3 is 2.50 bits per heavy atom. The van der Waals surface area contributed by atoms with Crippen molar-refractivity contribution in [3.8, 4) is 5.69 Å². The van der Waals surface area contributed by atoms with Gasteiger partial charge in [0.25, 0.3) is 0 Å². The van der Waals surface area contributed by atoms with Crippen LogP contribution in [0.15, 0.2) is 36.5 Å². The molecule has 28 heavy (non-hydrogen) atoms. The van der Waals surface area contributed by atoms with Crippen LogP contribution in [-0.4, -0.2) is 53.1 Å². The van der Waals surface area contributed by atoms with Gasteiger partial charge in [-0.2, -0.15) is 5.10 Å². The van der Waals surface area contributed by atoms with Crippen LogP contribution in [0.5, 0.6) is 0 Å². The van der Waals surface area contributed by atoms with Crippen molar-refractivity contribution in [2.45, 2.75) is 65.2 Å². The second-order valence-electron chi connectivity index (χ2n) is 8.38. The number of nitrogens with zero attached hydrogens (tertiary/aromatic N) is 3. The van der Waals surface area contributed by atoms with Crippen molar-refractivity contribution < 1.29 is 4.74 Å². The Kier molecular flexibility index (Phi) is 7.65. The van der Waals surface area contributed by atoms with Crippen LogP contribution in [0.25, 0.3) is 5.69 Å². The number of ether oxygens (including phenoxy) is 1. The van der Waals surface area contributed by atoms with Gasteiger partial charge in [0.2, 0.25) is 0 Å². The summed E-state index contributed by atoms with van der Waals surface area (Å²) in [5, 5.41) is 8.45. The smallest absolute Gasteiger partial charge is 0.0699 e. The van der Waals surface area contributed by atoms with E-state index >= 15 is 0 Å². The maximum absolute atomic E-state index is 5.81. The molecule has 1 saturated heterocycles. The predicted molar refractivity (Wildman–Crippen MR) is 115 cm³/mol. The normalized spacial score (nSPS) is 20.8. The Labute approximate surface area is 170 Å². The van der Waals surface area contributed by atoms with E-state index in [0.717, 1.165) is 31.9 Å². The molecule has 2 atom stereocenters. The average Bonchev–Trinajstić information content (AvgIpc) is 3.09. The van der Waals surface area contributed by atoms with E-state index in [1.807, 2.05) is 10.7 Å². The highest BCUT2D eigenvalue weighted by atomic mass is 16.5. The number of hydrogen-bond donors (Lipinski definition) is 1. The van der Waals surface area contributed by atoms with Crippen molar-refractivity contribution >= 4 is 0 Å². The summed E-state index contributed by atoms with van der Waals surface area (Å²) in [6.07, 6.45) is 5.32. The maximum Gasteiger partial charge on any atom is 0.0699 e. The Morgan fingerprint density at radius 2 is 1.82 bits per heavy atom. The molecule has 0 spiro atoms. The molecule has 1 N–H and O–H groups in total. The molecule has 1 aliphatic rings. The highest BCUT2D eigenvalue weighted by Gasteiger charge is 2.21.